The van der Waals surface area contributed by atoms with Gasteiger partial charge < -0.3 is 11.1 Å². The smallest absolute Gasteiger partial charge is 0.0567 e. The summed E-state index contributed by atoms with van der Waals surface area (Å²) in [6, 6.07) is 9.58. The lowest BCUT2D eigenvalue weighted by atomic mass is 10.3. The van der Waals surface area contributed by atoms with E-state index in [0.29, 0.717) is 0 Å². The first-order valence-electron chi connectivity index (χ1n) is 4.42. The molecular weight excluding hydrogens is 176 g/mol. The minimum absolute atomic E-state index is 0.740. The van der Waals surface area contributed by atoms with Gasteiger partial charge in [-0.3, -0.25) is 5.10 Å². The van der Waals surface area contributed by atoms with E-state index in [1.54, 1.807) is 6.20 Å². The highest BCUT2D eigenvalue weighted by molar-refractivity contribution is 5.51. The average Bonchev–Trinajstić information content (AvgIpc) is 2.70. The standard InChI is InChI=1S/C10H12N4/c11-8-1-3-9(4-2-8)12-7-10-5-6-13-14-10/h1-6,12H,7,11H2,(H,13,14). The number of nitrogens with one attached hydrogen (secondary N) is 2. The highest BCUT2D eigenvalue weighted by atomic mass is 15.1. The number of nitrogens with zero attached hydrogens (tertiary/aromatic N) is 1. The molecule has 0 saturated heterocycles. The maximum atomic E-state index is 5.57. The van der Waals surface area contributed by atoms with Gasteiger partial charge >= 0.3 is 0 Å². The summed E-state index contributed by atoms with van der Waals surface area (Å²) in [6.07, 6.45) is 1.74. The first-order valence-corrected chi connectivity index (χ1v) is 4.42. The largest absolute Gasteiger partial charge is 0.399 e. The molecular formula is C10H12N4. The average molecular weight is 188 g/mol. The lowest BCUT2D eigenvalue weighted by molar-refractivity contribution is 0.981. The first kappa shape index (κ1) is 8.62. The summed E-state index contributed by atoms with van der Waals surface area (Å²) in [5.41, 5.74) is 8.46. The van der Waals surface area contributed by atoms with E-state index in [9.17, 15) is 0 Å². The number of hydrogen-bond donors (Lipinski definition) is 3. The van der Waals surface area contributed by atoms with Crippen molar-refractivity contribution in [2.45, 2.75) is 6.54 Å². The van der Waals surface area contributed by atoms with Crippen LogP contribution in [0.4, 0.5) is 11.4 Å². The summed E-state index contributed by atoms with van der Waals surface area (Å²) in [5, 5.41) is 9.99. The lowest BCUT2D eigenvalue weighted by Gasteiger charge is -2.04. The molecule has 0 aliphatic carbocycles. The van der Waals surface area contributed by atoms with Gasteiger partial charge in [0.15, 0.2) is 0 Å². The molecule has 0 amide bonds. The van der Waals surface area contributed by atoms with Crippen LogP contribution in [0.25, 0.3) is 0 Å². The van der Waals surface area contributed by atoms with E-state index in [2.05, 4.69) is 15.5 Å². The summed E-state index contributed by atoms with van der Waals surface area (Å²) in [4.78, 5) is 0. The van der Waals surface area contributed by atoms with Gasteiger partial charge in [0, 0.05) is 17.6 Å². The van der Waals surface area contributed by atoms with E-state index < -0.39 is 0 Å². The molecule has 0 aliphatic rings. The number of anilines is 2. The number of nitrogens with two attached hydrogens (primary N) is 1. The fourth-order valence-corrected chi connectivity index (χ4v) is 1.18. The van der Waals surface area contributed by atoms with Crippen LogP contribution in [0.1, 0.15) is 5.69 Å². The van der Waals surface area contributed by atoms with Crippen molar-refractivity contribution in [2.75, 3.05) is 11.1 Å². The number of benzene rings is 1. The second-order valence-corrected chi connectivity index (χ2v) is 3.06. The molecule has 0 saturated carbocycles. The fraction of sp³-hybridized carbons (Fsp3) is 0.100. The number of rotatable bonds is 3. The van der Waals surface area contributed by atoms with Crippen molar-refractivity contribution in [1.82, 2.24) is 10.2 Å². The zero-order chi connectivity index (χ0) is 9.80. The Morgan fingerprint density at radius 1 is 1.21 bits per heavy atom. The Morgan fingerprint density at radius 3 is 2.64 bits per heavy atom. The molecule has 1 heterocycles. The molecule has 0 spiro atoms. The molecule has 0 aliphatic heterocycles. The third kappa shape index (κ3) is 2.04. The molecule has 2 rings (SSSR count). The van der Waals surface area contributed by atoms with E-state index in [0.717, 1.165) is 23.6 Å². The highest BCUT2D eigenvalue weighted by Gasteiger charge is 1.93. The Labute approximate surface area is 82.1 Å². The van der Waals surface area contributed by atoms with E-state index in [-0.39, 0.29) is 0 Å². The molecule has 4 N–H and O–H groups in total. The number of hydrogen-bond acceptors (Lipinski definition) is 3. The van der Waals surface area contributed by atoms with Crippen LogP contribution in [0, 0.1) is 0 Å². The van der Waals surface area contributed by atoms with Gasteiger partial charge in [-0.1, -0.05) is 0 Å². The summed E-state index contributed by atoms with van der Waals surface area (Å²) < 4.78 is 0. The van der Waals surface area contributed by atoms with Gasteiger partial charge in [-0.05, 0) is 30.3 Å². The van der Waals surface area contributed by atoms with E-state index in [4.69, 9.17) is 5.73 Å². The second kappa shape index (κ2) is 3.83. The van der Waals surface area contributed by atoms with Crippen molar-refractivity contribution in [3.63, 3.8) is 0 Å². The Morgan fingerprint density at radius 2 is 2.00 bits per heavy atom. The normalized spacial score (nSPS) is 10.0. The third-order valence-electron chi connectivity index (χ3n) is 1.95. The Balaban J connectivity index is 1.95. The van der Waals surface area contributed by atoms with Crippen molar-refractivity contribution >= 4 is 11.4 Å². The number of nitrogen functional groups attached to an aromatic ring is 1. The maximum absolute atomic E-state index is 5.57. The topological polar surface area (TPSA) is 66.7 Å². The van der Waals surface area contributed by atoms with Crippen LogP contribution in [0.3, 0.4) is 0 Å². The number of H-pyrrole nitrogens is 1. The molecule has 72 valence electrons. The van der Waals surface area contributed by atoms with E-state index in [1.165, 1.54) is 0 Å². The molecule has 0 unspecified atom stereocenters. The predicted molar refractivity (Wildman–Crippen MR) is 56.8 cm³/mol. The van der Waals surface area contributed by atoms with Gasteiger partial charge in [0.25, 0.3) is 0 Å². The number of aromatic amines is 1. The third-order valence-corrected chi connectivity index (χ3v) is 1.95. The minimum Gasteiger partial charge on any atom is -0.399 e. The lowest BCUT2D eigenvalue weighted by Crippen LogP contribution is -1.99. The number of aromatic nitrogens is 2. The summed E-state index contributed by atoms with van der Waals surface area (Å²) >= 11 is 0. The molecule has 1 aromatic carbocycles. The summed E-state index contributed by atoms with van der Waals surface area (Å²) in [5.74, 6) is 0. The highest BCUT2D eigenvalue weighted by Crippen LogP contribution is 2.11. The van der Waals surface area contributed by atoms with E-state index in [1.807, 2.05) is 30.3 Å². The SMILES string of the molecule is Nc1ccc(NCc2ccn[nH]2)cc1. The van der Waals surface area contributed by atoms with Crippen LogP contribution >= 0.6 is 0 Å². The molecule has 1 aromatic heterocycles. The zero-order valence-corrected chi connectivity index (χ0v) is 7.70. The Hall–Kier alpha value is -1.97. The Bertz CT molecular complexity index is 377. The second-order valence-electron chi connectivity index (χ2n) is 3.06. The predicted octanol–water partition coefficient (Wildman–Crippen LogP) is 1.60. The molecule has 14 heavy (non-hydrogen) atoms. The van der Waals surface area contributed by atoms with Gasteiger partial charge in [-0.25, -0.2) is 0 Å². The molecule has 0 bridgehead atoms. The van der Waals surface area contributed by atoms with Crippen LogP contribution in [0.2, 0.25) is 0 Å². The van der Waals surface area contributed by atoms with Crippen molar-refractivity contribution in [2.24, 2.45) is 0 Å². The van der Waals surface area contributed by atoms with Crippen molar-refractivity contribution in [1.29, 1.82) is 0 Å². The molecule has 0 atom stereocenters. The van der Waals surface area contributed by atoms with E-state index >= 15 is 0 Å². The first-order chi connectivity index (χ1) is 6.84. The Kier molecular flexibility index (Phi) is 2.36. The van der Waals surface area contributed by atoms with Crippen molar-refractivity contribution in [3.8, 4) is 0 Å². The van der Waals surface area contributed by atoms with Crippen LogP contribution in [0.15, 0.2) is 36.5 Å². The van der Waals surface area contributed by atoms with Gasteiger partial charge in [0.2, 0.25) is 0 Å². The van der Waals surface area contributed by atoms with Gasteiger partial charge in [-0.2, -0.15) is 5.10 Å². The van der Waals surface area contributed by atoms with Crippen LogP contribution in [-0.4, -0.2) is 10.2 Å². The minimum atomic E-state index is 0.740. The molecule has 4 nitrogen and oxygen atoms in total. The van der Waals surface area contributed by atoms with Gasteiger partial charge in [-0.15, -0.1) is 0 Å². The molecule has 4 heteroatoms. The van der Waals surface area contributed by atoms with Crippen molar-refractivity contribution < 1.29 is 0 Å². The van der Waals surface area contributed by atoms with Crippen LogP contribution in [0.5, 0.6) is 0 Å². The van der Waals surface area contributed by atoms with Gasteiger partial charge in [0.05, 0.1) is 12.2 Å². The quantitative estimate of drug-likeness (QED) is 0.641. The van der Waals surface area contributed by atoms with Crippen LogP contribution < -0.4 is 11.1 Å². The van der Waals surface area contributed by atoms with Crippen molar-refractivity contribution in [3.05, 3.63) is 42.2 Å². The maximum Gasteiger partial charge on any atom is 0.0567 e. The fourth-order valence-electron chi connectivity index (χ4n) is 1.18. The molecule has 2 aromatic rings. The van der Waals surface area contributed by atoms with Gasteiger partial charge in [0.1, 0.15) is 0 Å². The monoisotopic (exact) mass is 188 g/mol. The molecule has 0 fully saturated rings. The summed E-state index contributed by atoms with van der Waals surface area (Å²) in [6.45, 7) is 0.740. The molecule has 0 radical (unpaired) electrons. The van der Waals surface area contributed by atoms with Crippen LogP contribution in [-0.2, 0) is 6.54 Å². The summed E-state index contributed by atoms with van der Waals surface area (Å²) in [7, 11) is 0. The zero-order valence-electron chi connectivity index (χ0n) is 7.70.